The Morgan fingerprint density at radius 1 is 1.00 bits per heavy atom. The SMILES string of the molecule is Cl.NC1CCC2CN(C(=O)c3ccc(N4CCCCC4)cc3)CC12. The molecule has 5 heteroatoms. The Morgan fingerprint density at radius 2 is 1.71 bits per heavy atom. The monoisotopic (exact) mass is 349 g/mol. The molecule has 0 radical (unpaired) electrons. The maximum Gasteiger partial charge on any atom is 0.253 e. The first-order valence-corrected chi connectivity index (χ1v) is 9.12. The lowest BCUT2D eigenvalue weighted by molar-refractivity contribution is 0.0779. The highest BCUT2D eigenvalue weighted by atomic mass is 35.5. The van der Waals surface area contributed by atoms with E-state index < -0.39 is 0 Å². The number of anilines is 1. The summed E-state index contributed by atoms with van der Waals surface area (Å²) >= 11 is 0. The van der Waals surface area contributed by atoms with E-state index in [0.717, 1.165) is 38.2 Å². The molecule has 1 amide bonds. The summed E-state index contributed by atoms with van der Waals surface area (Å²) in [4.78, 5) is 17.2. The van der Waals surface area contributed by atoms with Gasteiger partial charge in [-0.2, -0.15) is 0 Å². The third kappa shape index (κ3) is 3.27. The van der Waals surface area contributed by atoms with Gasteiger partial charge in [0.2, 0.25) is 0 Å². The second-order valence-corrected chi connectivity index (χ2v) is 7.47. The van der Waals surface area contributed by atoms with E-state index in [0.29, 0.717) is 17.9 Å². The Balaban J connectivity index is 0.00000169. The molecule has 0 bridgehead atoms. The van der Waals surface area contributed by atoms with Gasteiger partial charge in [0.05, 0.1) is 0 Å². The fraction of sp³-hybridized carbons (Fsp3) is 0.632. The van der Waals surface area contributed by atoms with Crippen molar-refractivity contribution < 1.29 is 4.79 Å². The normalized spacial score (nSPS) is 29.3. The van der Waals surface area contributed by atoms with Crippen LogP contribution in [0.2, 0.25) is 0 Å². The number of amides is 1. The van der Waals surface area contributed by atoms with Crippen LogP contribution in [-0.2, 0) is 0 Å². The summed E-state index contributed by atoms with van der Waals surface area (Å²) in [5, 5.41) is 0. The van der Waals surface area contributed by atoms with Crippen LogP contribution in [0.3, 0.4) is 0 Å². The Morgan fingerprint density at radius 3 is 2.38 bits per heavy atom. The highest BCUT2D eigenvalue weighted by molar-refractivity contribution is 5.94. The highest BCUT2D eigenvalue weighted by Crippen LogP contribution is 2.37. The summed E-state index contributed by atoms with van der Waals surface area (Å²) in [5.74, 6) is 1.32. The van der Waals surface area contributed by atoms with Crippen LogP contribution in [0, 0.1) is 11.8 Å². The van der Waals surface area contributed by atoms with Crippen molar-refractivity contribution in [3.63, 3.8) is 0 Å². The molecule has 2 N–H and O–H groups in total. The van der Waals surface area contributed by atoms with Gasteiger partial charge in [-0.1, -0.05) is 0 Å². The van der Waals surface area contributed by atoms with Gasteiger partial charge in [-0.25, -0.2) is 0 Å². The first kappa shape index (κ1) is 17.6. The number of benzene rings is 1. The van der Waals surface area contributed by atoms with Gasteiger partial charge in [-0.05, 0) is 68.2 Å². The van der Waals surface area contributed by atoms with E-state index in [1.807, 2.05) is 17.0 Å². The molecule has 2 heterocycles. The number of fused-ring (bicyclic) bond motifs is 1. The van der Waals surface area contributed by atoms with Gasteiger partial charge in [0.25, 0.3) is 5.91 Å². The maximum atomic E-state index is 12.7. The molecule has 24 heavy (non-hydrogen) atoms. The molecule has 1 aliphatic carbocycles. The van der Waals surface area contributed by atoms with Crippen LogP contribution in [0.25, 0.3) is 0 Å². The van der Waals surface area contributed by atoms with Crippen LogP contribution in [0.4, 0.5) is 5.69 Å². The average Bonchev–Trinajstić information content (AvgIpc) is 3.18. The minimum absolute atomic E-state index is 0. The summed E-state index contributed by atoms with van der Waals surface area (Å²) < 4.78 is 0. The molecule has 2 aliphatic heterocycles. The highest BCUT2D eigenvalue weighted by Gasteiger charge is 2.42. The van der Waals surface area contributed by atoms with Crippen LogP contribution < -0.4 is 10.6 Å². The quantitative estimate of drug-likeness (QED) is 0.893. The first-order valence-electron chi connectivity index (χ1n) is 9.12. The summed E-state index contributed by atoms with van der Waals surface area (Å²) in [6.07, 6.45) is 6.20. The van der Waals surface area contributed by atoms with Gasteiger partial charge in [0, 0.05) is 43.5 Å². The van der Waals surface area contributed by atoms with Crippen molar-refractivity contribution in [3.8, 4) is 0 Å². The van der Waals surface area contributed by atoms with Crippen molar-refractivity contribution in [3.05, 3.63) is 29.8 Å². The molecule has 2 saturated heterocycles. The van der Waals surface area contributed by atoms with Crippen molar-refractivity contribution in [1.29, 1.82) is 0 Å². The molecule has 4 nitrogen and oxygen atoms in total. The second-order valence-electron chi connectivity index (χ2n) is 7.47. The molecule has 3 fully saturated rings. The van der Waals surface area contributed by atoms with Gasteiger partial charge < -0.3 is 15.5 Å². The minimum atomic E-state index is 0. The van der Waals surface area contributed by atoms with Crippen molar-refractivity contribution in [2.75, 3.05) is 31.1 Å². The molecule has 132 valence electrons. The van der Waals surface area contributed by atoms with Crippen molar-refractivity contribution >= 4 is 24.0 Å². The van der Waals surface area contributed by atoms with Crippen LogP contribution in [0.15, 0.2) is 24.3 Å². The molecule has 1 aromatic rings. The number of carbonyl (C=O) groups excluding carboxylic acids is 1. The smallest absolute Gasteiger partial charge is 0.253 e. The van der Waals surface area contributed by atoms with Crippen LogP contribution in [0.1, 0.15) is 42.5 Å². The number of hydrogen-bond acceptors (Lipinski definition) is 3. The summed E-state index contributed by atoms with van der Waals surface area (Å²) in [6, 6.07) is 8.52. The predicted molar refractivity (Wildman–Crippen MR) is 99.8 cm³/mol. The number of halogens is 1. The third-order valence-corrected chi connectivity index (χ3v) is 6.04. The Labute approximate surface area is 150 Å². The molecule has 1 saturated carbocycles. The number of likely N-dealkylation sites (tertiary alicyclic amines) is 1. The molecule has 3 atom stereocenters. The van der Waals surface area contributed by atoms with Gasteiger partial charge in [-0.3, -0.25) is 4.79 Å². The van der Waals surface area contributed by atoms with E-state index in [1.54, 1.807) is 0 Å². The second kappa shape index (κ2) is 7.32. The van der Waals surface area contributed by atoms with E-state index in [-0.39, 0.29) is 18.3 Å². The number of nitrogens with two attached hydrogens (primary N) is 1. The fourth-order valence-corrected chi connectivity index (χ4v) is 4.62. The summed E-state index contributed by atoms with van der Waals surface area (Å²) in [5.41, 5.74) is 8.25. The molecule has 1 aromatic carbocycles. The molecule has 0 aromatic heterocycles. The zero-order valence-corrected chi connectivity index (χ0v) is 15.0. The molecular formula is C19H28ClN3O. The van der Waals surface area contributed by atoms with E-state index >= 15 is 0 Å². The molecule has 3 aliphatic rings. The molecule has 0 spiro atoms. The Bertz CT molecular complexity index is 570. The van der Waals surface area contributed by atoms with Crippen molar-refractivity contribution in [1.82, 2.24) is 4.90 Å². The molecule has 3 unspecified atom stereocenters. The molecule has 4 rings (SSSR count). The zero-order chi connectivity index (χ0) is 15.8. The third-order valence-electron chi connectivity index (χ3n) is 6.04. The van der Waals surface area contributed by atoms with Crippen LogP contribution >= 0.6 is 12.4 Å². The Hall–Kier alpha value is -1.26. The van der Waals surface area contributed by atoms with Crippen molar-refractivity contribution in [2.24, 2.45) is 17.6 Å². The lowest BCUT2D eigenvalue weighted by atomic mass is 9.98. The van der Waals surface area contributed by atoms with Crippen LogP contribution in [0.5, 0.6) is 0 Å². The number of piperidine rings is 1. The van der Waals surface area contributed by atoms with E-state index in [2.05, 4.69) is 17.0 Å². The average molecular weight is 350 g/mol. The number of nitrogens with zero attached hydrogens (tertiary/aromatic N) is 2. The van der Waals surface area contributed by atoms with Gasteiger partial charge in [-0.15, -0.1) is 12.4 Å². The summed E-state index contributed by atoms with van der Waals surface area (Å²) in [7, 11) is 0. The lowest BCUT2D eigenvalue weighted by Crippen LogP contribution is -2.33. The number of hydrogen-bond donors (Lipinski definition) is 1. The van der Waals surface area contributed by atoms with Crippen LogP contribution in [-0.4, -0.2) is 43.0 Å². The van der Waals surface area contributed by atoms with Gasteiger partial charge >= 0.3 is 0 Å². The Kier molecular flexibility index (Phi) is 5.36. The fourth-order valence-electron chi connectivity index (χ4n) is 4.62. The summed E-state index contributed by atoms with van der Waals surface area (Å²) in [6.45, 7) is 4.02. The topological polar surface area (TPSA) is 49.6 Å². The van der Waals surface area contributed by atoms with E-state index in [9.17, 15) is 4.79 Å². The maximum absolute atomic E-state index is 12.7. The van der Waals surface area contributed by atoms with Crippen molar-refractivity contribution in [2.45, 2.75) is 38.1 Å². The van der Waals surface area contributed by atoms with E-state index in [4.69, 9.17) is 5.73 Å². The first-order chi connectivity index (χ1) is 11.2. The number of carbonyl (C=O) groups is 1. The minimum Gasteiger partial charge on any atom is -0.372 e. The largest absolute Gasteiger partial charge is 0.372 e. The van der Waals surface area contributed by atoms with Gasteiger partial charge in [0.15, 0.2) is 0 Å². The van der Waals surface area contributed by atoms with E-state index in [1.165, 1.54) is 31.4 Å². The number of rotatable bonds is 2. The predicted octanol–water partition coefficient (Wildman–Crippen LogP) is 2.91. The standard InChI is InChI=1S/C19H27N3O.ClH/c20-18-9-6-15-12-22(13-17(15)18)19(23)14-4-7-16(8-5-14)21-10-2-1-3-11-21;/h4-5,7-8,15,17-18H,1-3,6,9-13,20H2;1H. The molecular weight excluding hydrogens is 322 g/mol. The lowest BCUT2D eigenvalue weighted by Gasteiger charge is -2.29. The zero-order valence-electron chi connectivity index (χ0n) is 14.2. The van der Waals surface area contributed by atoms with Gasteiger partial charge in [0.1, 0.15) is 0 Å².